The molecule has 0 saturated heterocycles. The minimum atomic E-state index is -0.455. The van der Waals surface area contributed by atoms with Crippen LogP contribution in [0.1, 0.15) is 10.4 Å². The summed E-state index contributed by atoms with van der Waals surface area (Å²) in [6, 6.07) is 7.78. The van der Waals surface area contributed by atoms with Gasteiger partial charge in [0.1, 0.15) is 5.58 Å². The molecule has 0 N–H and O–H groups in total. The maximum absolute atomic E-state index is 11.2. The molecule has 0 aliphatic rings. The van der Waals surface area contributed by atoms with Gasteiger partial charge in [-0.15, -0.1) is 0 Å². The van der Waals surface area contributed by atoms with Crippen molar-refractivity contribution in [3.63, 3.8) is 0 Å². The van der Waals surface area contributed by atoms with Crippen LogP contribution in [0.3, 0.4) is 0 Å². The van der Waals surface area contributed by atoms with E-state index in [2.05, 4.69) is 4.74 Å². The highest BCUT2D eigenvalue weighted by atomic mass is 16.5. The zero-order valence-electron chi connectivity index (χ0n) is 8.02. The second-order valence-corrected chi connectivity index (χ2v) is 3.00. The number of methoxy groups -OCH3 is 1. The molecule has 0 amide bonds. The maximum Gasteiger partial charge on any atom is 0.337 e. The zero-order valence-corrected chi connectivity index (χ0v) is 8.02. The highest BCUT2D eigenvalue weighted by Crippen LogP contribution is 2.14. The number of hydrogen-bond donors (Lipinski definition) is 0. The Labute approximate surface area is 85.1 Å². The Morgan fingerprint density at radius 1 is 1.27 bits per heavy atom. The van der Waals surface area contributed by atoms with E-state index >= 15 is 0 Å². The van der Waals surface area contributed by atoms with Crippen molar-refractivity contribution in [2.45, 2.75) is 0 Å². The average Bonchev–Trinajstić information content (AvgIpc) is 2.27. The van der Waals surface area contributed by atoms with Gasteiger partial charge in [-0.1, -0.05) is 6.07 Å². The molecule has 2 aromatic rings. The number of carbonyl (C=O) groups is 1. The lowest BCUT2D eigenvalue weighted by molar-refractivity contribution is 0.0601. The first-order valence-electron chi connectivity index (χ1n) is 4.33. The molecule has 0 atom stereocenters. The van der Waals surface area contributed by atoms with E-state index in [4.69, 9.17) is 4.42 Å². The highest BCUT2D eigenvalue weighted by molar-refractivity contribution is 5.93. The van der Waals surface area contributed by atoms with Crippen LogP contribution in [0.15, 0.2) is 39.5 Å². The highest BCUT2D eigenvalue weighted by Gasteiger charge is 2.06. The lowest BCUT2D eigenvalue weighted by Crippen LogP contribution is -2.01. The average molecular weight is 204 g/mol. The molecule has 0 aliphatic heterocycles. The molecular weight excluding hydrogens is 196 g/mol. The van der Waals surface area contributed by atoms with Gasteiger partial charge in [0.2, 0.25) is 0 Å². The molecule has 0 bridgehead atoms. The first-order chi connectivity index (χ1) is 7.20. The molecule has 1 aromatic carbocycles. The molecular formula is C11H8O4. The third kappa shape index (κ3) is 1.74. The van der Waals surface area contributed by atoms with Crippen molar-refractivity contribution in [2.75, 3.05) is 7.11 Å². The second kappa shape index (κ2) is 3.57. The largest absolute Gasteiger partial charge is 0.465 e. The zero-order chi connectivity index (χ0) is 10.8. The van der Waals surface area contributed by atoms with Crippen LogP contribution in [-0.2, 0) is 4.74 Å². The van der Waals surface area contributed by atoms with Crippen LogP contribution in [0.25, 0.3) is 11.0 Å². The molecule has 4 heteroatoms. The summed E-state index contributed by atoms with van der Waals surface area (Å²) in [6.45, 7) is 0. The lowest BCUT2D eigenvalue weighted by Gasteiger charge is -2.00. The fourth-order valence-corrected chi connectivity index (χ4v) is 1.31. The van der Waals surface area contributed by atoms with Gasteiger partial charge in [0.25, 0.3) is 0 Å². The van der Waals surface area contributed by atoms with Gasteiger partial charge in [-0.05, 0) is 18.2 Å². The smallest absolute Gasteiger partial charge is 0.337 e. The summed E-state index contributed by atoms with van der Waals surface area (Å²) >= 11 is 0. The summed E-state index contributed by atoms with van der Waals surface area (Å²) in [4.78, 5) is 22.2. The molecule has 0 fully saturated rings. The molecule has 0 saturated carbocycles. The fraction of sp³-hybridized carbons (Fsp3) is 0.0909. The van der Waals surface area contributed by atoms with Gasteiger partial charge in [-0.3, -0.25) is 0 Å². The Kier molecular flexibility index (Phi) is 2.25. The van der Waals surface area contributed by atoms with Gasteiger partial charge in [0.15, 0.2) is 0 Å². The first kappa shape index (κ1) is 9.45. The molecule has 0 aliphatic carbocycles. The number of carbonyl (C=O) groups excluding carboxylic acids is 1. The number of benzene rings is 1. The Morgan fingerprint density at radius 2 is 2.00 bits per heavy atom. The normalized spacial score (nSPS) is 10.2. The number of ether oxygens (including phenoxy) is 1. The van der Waals surface area contributed by atoms with E-state index in [1.54, 1.807) is 18.2 Å². The van der Waals surface area contributed by atoms with Crippen LogP contribution in [0.5, 0.6) is 0 Å². The van der Waals surface area contributed by atoms with Crippen molar-refractivity contribution in [2.24, 2.45) is 0 Å². The van der Waals surface area contributed by atoms with Crippen molar-refractivity contribution in [3.8, 4) is 0 Å². The van der Waals surface area contributed by atoms with E-state index < -0.39 is 11.6 Å². The van der Waals surface area contributed by atoms with E-state index in [-0.39, 0.29) is 0 Å². The van der Waals surface area contributed by atoms with E-state index in [9.17, 15) is 9.59 Å². The Balaban J connectivity index is 2.64. The van der Waals surface area contributed by atoms with Crippen molar-refractivity contribution in [1.29, 1.82) is 0 Å². The van der Waals surface area contributed by atoms with Gasteiger partial charge < -0.3 is 9.15 Å². The molecule has 76 valence electrons. The van der Waals surface area contributed by atoms with E-state index in [1.807, 2.05) is 0 Å². The van der Waals surface area contributed by atoms with Gasteiger partial charge >= 0.3 is 11.6 Å². The molecule has 0 unspecified atom stereocenters. The van der Waals surface area contributed by atoms with Crippen molar-refractivity contribution >= 4 is 16.9 Å². The van der Waals surface area contributed by atoms with E-state index in [0.29, 0.717) is 11.1 Å². The number of fused-ring (bicyclic) bond motifs is 1. The van der Waals surface area contributed by atoms with E-state index in [1.165, 1.54) is 19.2 Å². The number of rotatable bonds is 1. The van der Waals surface area contributed by atoms with Gasteiger partial charge in [-0.2, -0.15) is 0 Å². The Morgan fingerprint density at radius 3 is 2.73 bits per heavy atom. The van der Waals surface area contributed by atoms with Crippen LogP contribution in [0.2, 0.25) is 0 Å². The van der Waals surface area contributed by atoms with Gasteiger partial charge in [0.05, 0.1) is 12.7 Å². The molecule has 2 rings (SSSR count). The minimum absolute atomic E-state index is 0.361. The summed E-state index contributed by atoms with van der Waals surface area (Å²) in [7, 11) is 1.30. The molecule has 0 spiro atoms. The SMILES string of the molecule is COC(=O)c1ccc2ccc(=O)oc2c1. The first-order valence-corrected chi connectivity index (χ1v) is 4.33. The molecule has 1 aromatic heterocycles. The maximum atomic E-state index is 11.2. The third-order valence-corrected chi connectivity index (χ3v) is 2.04. The summed E-state index contributed by atoms with van der Waals surface area (Å²) in [6.07, 6.45) is 0. The molecule has 1 heterocycles. The Hall–Kier alpha value is -2.10. The predicted octanol–water partition coefficient (Wildman–Crippen LogP) is 1.58. The standard InChI is InChI=1S/C11H8O4/c1-14-11(13)8-3-2-7-4-5-10(12)15-9(7)6-8/h2-6H,1H3. The third-order valence-electron chi connectivity index (χ3n) is 2.04. The quantitative estimate of drug-likeness (QED) is 0.522. The van der Waals surface area contributed by atoms with Crippen LogP contribution in [0.4, 0.5) is 0 Å². The van der Waals surface area contributed by atoms with Gasteiger partial charge in [0, 0.05) is 11.5 Å². The second-order valence-electron chi connectivity index (χ2n) is 3.00. The lowest BCUT2D eigenvalue weighted by atomic mass is 10.1. The van der Waals surface area contributed by atoms with Crippen LogP contribution < -0.4 is 5.63 Å². The van der Waals surface area contributed by atoms with Crippen LogP contribution in [0, 0.1) is 0 Å². The summed E-state index contributed by atoms with van der Waals surface area (Å²) in [5.41, 5.74) is 0.300. The Bertz CT molecular complexity index is 568. The fourth-order valence-electron chi connectivity index (χ4n) is 1.31. The minimum Gasteiger partial charge on any atom is -0.465 e. The van der Waals surface area contributed by atoms with Gasteiger partial charge in [-0.25, -0.2) is 9.59 Å². The molecule has 15 heavy (non-hydrogen) atoms. The topological polar surface area (TPSA) is 56.5 Å². The van der Waals surface area contributed by atoms with Crippen LogP contribution in [-0.4, -0.2) is 13.1 Å². The monoisotopic (exact) mass is 204 g/mol. The summed E-state index contributed by atoms with van der Waals surface area (Å²) < 4.78 is 9.49. The van der Waals surface area contributed by atoms with E-state index in [0.717, 1.165) is 5.39 Å². The molecule has 0 radical (unpaired) electrons. The number of hydrogen-bond acceptors (Lipinski definition) is 4. The number of esters is 1. The van der Waals surface area contributed by atoms with Crippen molar-refractivity contribution < 1.29 is 13.9 Å². The summed E-state index contributed by atoms with van der Waals surface area (Å²) in [5.74, 6) is -0.455. The predicted molar refractivity (Wildman–Crippen MR) is 53.8 cm³/mol. The van der Waals surface area contributed by atoms with Crippen molar-refractivity contribution in [1.82, 2.24) is 0 Å². The molecule has 4 nitrogen and oxygen atoms in total. The summed E-state index contributed by atoms with van der Waals surface area (Å²) in [5, 5.41) is 0.766. The van der Waals surface area contributed by atoms with Crippen LogP contribution >= 0.6 is 0 Å². The van der Waals surface area contributed by atoms with Crippen molar-refractivity contribution in [3.05, 3.63) is 46.3 Å².